The van der Waals surface area contributed by atoms with E-state index in [2.05, 4.69) is 29.6 Å². The van der Waals surface area contributed by atoms with Crippen LogP contribution < -0.4 is 5.32 Å². The molecule has 19 heavy (non-hydrogen) atoms. The van der Waals surface area contributed by atoms with Gasteiger partial charge in [0.2, 0.25) is 0 Å². The summed E-state index contributed by atoms with van der Waals surface area (Å²) >= 11 is 0. The van der Waals surface area contributed by atoms with Crippen LogP contribution in [0, 0.1) is 0 Å². The van der Waals surface area contributed by atoms with E-state index in [1.165, 1.54) is 12.0 Å². The SMILES string of the molecule is COCCOCc1cccc(NC2CCCOC2)c1. The lowest BCUT2D eigenvalue weighted by Crippen LogP contribution is -2.29. The van der Waals surface area contributed by atoms with Crippen molar-refractivity contribution in [3.63, 3.8) is 0 Å². The third-order valence-corrected chi connectivity index (χ3v) is 3.16. The molecule has 0 saturated carbocycles. The minimum atomic E-state index is 0.429. The van der Waals surface area contributed by atoms with Crippen LogP contribution in [0.5, 0.6) is 0 Å². The highest BCUT2D eigenvalue weighted by Gasteiger charge is 2.13. The summed E-state index contributed by atoms with van der Waals surface area (Å²) in [4.78, 5) is 0. The second-order valence-electron chi connectivity index (χ2n) is 4.80. The van der Waals surface area contributed by atoms with Gasteiger partial charge >= 0.3 is 0 Å². The average molecular weight is 265 g/mol. The monoisotopic (exact) mass is 265 g/mol. The lowest BCUT2D eigenvalue weighted by Gasteiger charge is -2.24. The number of rotatable bonds is 7. The molecule has 1 aliphatic heterocycles. The molecule has 0 bridgehead atoms. The van der Waals surface area contributed by atoms with E-state index in [9.17, 15) is 0 Å². The van der Waals surface area contributed by atoms with Crippen molar-refractivity contribution in [2.45, 2.75) is 25.5 Å². The average Bonchev–Trinajstić information content (AvgIpc) is 2.45. The van der Waals surface area contributed by atoms with Crippen molar-refractivity contribution in [2.75, 3.05) is 38.9 Å². The molecule has 0 aromatic heterocycles. The normalized spacial score (nSPS) is 19.3. The fourth-order valence-electron chi connectivity index (χ4n) is 2.17. The third kappa shape index (κ3) is 5.19. The maximum Gasteiger partial charge on any atom is 0.0718 e. The first kappa shape index (κ1) is 14.3. The van der Waals surface area contributed by atoms with Crippen molar-refractivity contribution in [3.05, 3.63) is 29.8 Å². The van der Waals surface area contributed by atoms with Crippen LogP contribution in [-0.4, -0.2) is 39.6 Å². The van der Waals surface area contributed by atoms with Crippen LogP contribution in [0.3, 0.4) is 0 Å². The van der Waals surface area contributed by atoms with E-state index in [1.54, 1.807) is 7.11 Å². The first-order valence-electron chi connectivity index (χ1n) is 6.88. The molecular weight excluding hydrogens is 242 g/mol. The van der Waals surface area contributed by atoms with Gasteiger partial charge in [-0.15, -0.1) is 0 Å². The number of anilines is 1. The molecule has 1 aromatic rings. The summed E-state index contributed by atoms with van der Waals surface area (Å²) in [6, 6.07) is 8.80. The standard InChI is InChI=1S/C15H23NO3/c1-17-8-9-19-11-13-4-2-5-14(10-13)16-15-6-3-7-18-12-15/h2,4-5,10,15-16H,3,6-9,11-12H2,1H3. The quantitative estimate of drug-likeness (QED) is 0.769. The van der Waals surface area contributed by atoms with Gasteiger partial charge in [-0.05, 0) is 30.5 Å². The first-order chi connectivity index (χ1) is 9.38. The van der Waals surface area contributed by atoms with Crippen molar-refractivity contribution >= 4 is 5.69 Å². The van der Waals surface area contributed by atoms with Gasteiger partial charge in [-0.25, -0.2) is 0 Å². The predicted octanol–water partition coefficient (Wildman–Crippen LogP) is 2.44. The molecular formula is C15H23NO3. The second kappa shape index (κ2) is 8.15. The van der Waals surface area contributed by atoms with Gasteiger partial charge in [0.15, 0.2) is 0 Å². The number of nitrogens with one attached hydrogen (secondary N) is 1. The molecule has 0 amide bonds. The minimum Gasteiger partial charge on any atom is -0.382 e. The number of hydrogen-bond donors (Lipinski definition) is 1. The van der Waals surface area contributed by atoms with Crippen molar-refractivity contribution in [2.24, 2.45) is 0 Å². The van der Waals surface area contributed by atoms with Crippen LogP contribution >= 0.6 is 0 Å². The van der Waals surface area contributed by atoms with Crippen molar-refractivity contribution < 1.29 is 14.2 Å². The van der Waals surface area contributed by atoms with Crippen molar-refractivity contribution in [3.8, 4) is 0 Å². The largest absolute Gasteiger partial charge is 0.382 e. The molecule has 1 fully saturated rings. The Bertz CT molecular complexity index is 364. The number of methoxy groups -OCH3 is 1. The summed E-state index contributed by atoms with van der Waals surface area (Å²) < 4.78 is 16.0. The van der Waals surface area contributed by atoms with Crippen molar-refractivity contribution in [1.82, 2.24) is 0 Å². The van der Waals surface area contributed by atoms with Crippen LogP contribution in [0.25, 0.3) is 0 Å². The molecule has 1 saturated heterocycles. The molecule has 1 heterocycles. The highest BCUT2D eigenvalue weighted by molar-refractivity contribution is 5.46. The summed E-state index contributed by atoms with van der Waals surface area (Å²) in [6.45, 7) is 3.59. The van der Waals surface area contributed by atoms with Gasteiger partial charge in [0.1, 0.15) is 0 Å². The van der Waals surface area contributed by atoms with Crippen LogP contribution in [0.15, 0.2) is 24.3 Å². The van der Waals surface area contributed by atoms with Gasteiger partial charge in [0, 0.05) is 25.4 Å². The second-order valence-corrected chi connectivity index (χ2v) is 4.80. The highest BCUT2D eigenvalue weighted by atomic mass is 16.5. The zero-order valence-electron chi connectivity index (χ0n) is 11.6. The zero-order valence-corrected chi connectivity index (χ0v) is 11.6. The molecule has 2 rings (SSSR count). The van der Waals surface area contributed by atoms with Gasteiger partial charge < -0.3 is 19.5 Å². The third-order valence-electron chi connectivity index (χ3n) is 3.16. The highest BCUT2D eigenvalue weighted by Crippen LogP contribution is 2.16. The van der Waals surface area contributed by atoms with Gasteiger partial charge in [0.05, 0.1) is 26.4 Å². The van der Waals surface area contributed by atoms with Crippen LogP contribution in [0.1, 0.15) is 18.4 Å². The van der Waals surface area contributed by atoms with E-state index in [4.69, 9.17) is 14.2 Å². The fraction of sp³-hybridized carbons (Fsp3) is 0.600. The summed E-state index contributed by atoms with van der Waals surface area (Å²) in [5.74, 6) is 0. The topological polar surface area (TPSA) is 39.7 Å². The Kier molecular flexibility index (Phi) is 6.14. The summed E-state index contributed by atoms with van der Waals surface area (Å²) in [6.07, 6.45) is 2.31. The Morgan fingerprint density at radius 1 is 1.37 bits per heavy atom. The van der Waals surface area contributed by atoms with Crippen LogP contribution in [-0.2, 0) is 20.8 Å². The molecule has 0 radical (unpaired) electrons. The molecule has 4 nitrogen and oxygen atoms in total. The number of benzene rings is 1. The summed E-state index contributed by atoms with van der Waals surface area (Å²) in [5.41, 5.74) is 2.32. The van der Waals surface area contributed by atoms with E-state index in [0.717, 1.165) is 25.3 Å². The molecule has 0 spiro atoms. The fourth-order valence-corrected chi connectivity index (χ4v) is 2.17. The van der Waals surface area contributed by atoms with Crippen molar-refractivity contribution in [1.29, 1.82) is 0 Å². The first-order valence-corrected chi connectivity index (χ1v) is 6.88. The van der Waals surface area contributed by atoms with Gasteiger partial charge in [0.25, 0.3) is 0 Å². The molecule has 1 N–H and O–H groups in total. The minimum absolute atomic E-state index is 0.429. The smallest absolute Gasteiger partial charge is 0.0718 e. The van der Waals surface area contributed by atoms with E-state index in [-0.39, 0.29) is 0 Å². The van der Waals surface area contributed by atoms with Gasteiger partial charge in [-0.3, -0.25) is 0 Å². The van der Waals surface area contributed by atoms with Gasteiger partial charge in [-0.2, -0.15) is 0 Å². The Morgan fingerprint density at radius 2 is 2.32 bits per heavy atom. The Morgan fingerprint density at radius 3 is 3.11 bits per heavy atom. The van der Waals surface area contributed by atoms with E-state index < -0.39 is 0 Å². The molecule has 1 unspecified atom stereocenters. The lowest BCUT2D eigenvalue weighted by atomic mass is 10.1. The number of hydrogen-bond acceptors (Lipinski definition) is 4. The molecule has 106 valence electrons. The van der Waals surface area contributed by atoms with E-state index in [1.807, 2.05) is 0 Å². The summed E-state index contributed by atoms with van der Waals surface area (Å²) in [5, 5.41) is 3.52. The molecule has 1 aromatic carbocycles. The molecule has 4 heteroatoms. The Balaban J connectivity index is 1.80. The maximum atomic E-state index is 5.53. The van der Waals surface area contributed by atoms with Crippen LogP contribution in [0.2, 0.25) is 0 Å². The lowest BCUT2D eigenvalue weighted by molar-refractivity contribution is 0.0617. The van der Waals surface area contributed by atoms with E-state index >= 15 is 0 Å². The number of ether oxygens (including phenoxy) is 3. The molecule has 1 atom stereocenters. The van der Waals surface area contributed by atoms with E-state index in [0.29, 0.717) is 25.9 Å². The maximum absolute atomic E-state index is 5.53. The van der Waals surface area contributed by atoms with Crippen LogP contribution in [0.4, 0.5) is 5.69 Å². The Labute approximate surface area is 115 Å². The van der Waals surface area contributed by atoms with Gasteiger partial charge in [-0.1, -0.05) is 12.1 Å². The predicted molar refractivity (Wildman–Crippen MR) is 75.4 cm³/mol. The zero-order chi connectivity index (χ0) is 13.3. The molecule has 1 aliphatic rings. The summed E-state index contributed by atoms with van der Waals surface area (Å²) in [7, 11) is 1.68. The molecule has 0 aliphatic carbocycles. The Hall–Kier alpha value is -1.10.